The van der Waals surface area contributed by atoms with Gasteiger partial charge in [0.05, 0.1) is 7.11 Å². The molecule has 2 heteroatoms. The van der Waals surface area contributed by atoms with Gasteiger partial charge in [0.15, 0.2) is 0 Å². The van der Waals surface area contributed by atoms with Crippen LogP contribution in [-0.2, 0) is 0 Å². The first-order valence-electron chi connectivity index (χ1n) is 5.32. The van der Waals surface area contributed by atoms with E-state index in [1.54, 1.807) is 7.11 Å². The molecule has 0 aliphatic heterocycles. The van der Waals surface area contributed by atoms with Gasteiger partial charge in [0, 0.05) is 8.07 Å². The Balaban J connectivity index is 2.64. The Morgan fingerprint density at radius 1 is 1.27 bits per heavy atom. The maximum Gasteiger partial charge on any atom is 0.119 e. The van der Waals surface area contributed by atoms with Crippen molar-refractivity contribution in [3.8, 4) is 5.75 Å². The number of rotatable bonds is 4. The van der Waals surface area contributed by atoms with E-state index in [1.165, 1.54) is 11.6 Å². The van der Waals surface area contributed by atoms with Crippen LogP contribution in [0.1, 0.15) is 5.56 Å². The standard InChI is InChI=1S/C13H20OSi/c1-14-13-9-5-7-12(11-13)8-6-10-15(2,3)4/h5-9,11H,10H2,1-4H3. The van der Waals surface area contributed by atoms with E-state index in [1.807, 2.05) is 12.1 Å². The van der Waals surface area contributed by atoms with Gasteiger partial charge in [-0.3, -0.25) is 0 Å². The number of hydrogen-bond acceptors (Lipinski definition) is 1. The molecule has 82 valence electrons. The van der Waals surface area contributed by atoms with E-state index in [0.29, 0.717) is 0 Å². The fraction of sp³-hybridized carbons (Fsp3) is 0.385. The van der Waals surface area contributed by atoms with E-state index in [9.17, 15) is 0 Å². The first kappa shape index (κ1) is 12.0. The number of benzene rings is 1. The molecule has 0 bridgehead atoms. The average Bonchev–Trinajstić information content (AvgIpc) is 2.16. The van der Waals surface area contributed by atoms with Crippen LogP contribution in [0.3, 0.4) is 0 Å². The van der Waals surface area contributed by atoms with Crippen molar-refractivity contribution in [1.82, 2.24) is 0 Å². The molecule has 0 atom stereocenters. The van der Waals surface area contributed by atoms with Crippen molar-refractivity contribution in [2.45, 2.75) is 25.7 Å². The highest BCUT2D eigenvalue weighted by molar-refractivity contribution is 6.76. The number of hydrogen-bond donors (Lipinski definition) is 0. The van der Waals surface area contributed by atoms with Crippen LogP contribution in [0.2, 0.25) is 25.7 Å². The van der Waals surface area contributed by atoms with Gasteiger partial charge in [-0.1, -0.05) is 43.9 Å². The van der Waals surface area contributed by atoms with Gasteiger partial charge in [-0.2, -0.15) is 0 Å². The highest BCUT2D eigenvalue weighted by Crippen LogP contribution is 2.15. The summed E-state index contributed by atoms with van der Waals surface area (Å²) in [5.41, 5.74) is 1.22. The molecule has 0 saturated carbocycles. The van der Waals surface area contributed by atoms with Crippen molar-refractivity contribution in [1.29, 1.82) is 0 Å². The topological polar surface area (TPSA) is 9.23 Å². The molecule has 0 saturated heterocycles. The van der Waals surface area contributed by atoms with Crippen LogP contribution in [0.4, 0.5) is 0 Å². The summed E-state index contributed by atoms with van der Waals surface area (Å²) in [6.45, 7) is 7.13. The minimum absolute atomic E-state index is 0.921. The molecule has 1 aromatic rings. The maximum absolute atomic E-state index is 5.18. The Kier molecular flexibility index (Phi) is 4.15. The minimum Gasteiger partial charge on any atom is -0.497 e. The van der Waals surface area contributed by atoms with Gasteiger partial charge in [0.25, 0.3) is 0 Å². The Bertz CT molecular complexity index is 337. The second-order valence-electron chi connectivity index (χ2n) is 4.94. The number of allylic oxidation sites excluding steroid dienone is 1. The van der Waals surface area contributed by atoms with Crippen LogP contribution in [0, 0.1) is 0 Å². The molecule has 1 nitrogen and oxygen atoms in total. The Labute approximate surface area is 93.8 Å². The Hall–Kier alpha value is -1.02. The van der Waals surface area contributed by atoms with Gasteiger partial charge in [-0.15, -0.1) is 0 Å². The zero-order valence-electron chi connectivity index (χ0n) is 10.1. The summed E-state index contributed by atoms with van der Waals surface area (Å²) in [6, 6.07) is 9.37. The molecule has 15 heavy (non-hydrogen) atoms. The second kappa shape index (κ2) is 5.17. The third kappa shape index (κ3) is 4.84. The number of methoxy groups -OCH3 is 1. The molecule has 0 aliphatic carbocycles. The predicted octanol–water partition coefficient (Wildman–Crippen LogP) is 4.05. The zero-order valence-corrected chi connectivity index (χ0v) is 11.1. The van der Waals surface area contributed by atoms with Crippen LogP contribution >= 0.6 is 0 Å². The summed E-state index contributed by atoms with van der Waals surface area (Å²) < 4.78 is 5.18. The van der Waals surface area contributed by atoms with Crippen molar-refractivity contribution >= 4 is 14.1 Å². The largest absolute Gasteiger partial charge is 0.497 e. The molecule has 0 fully saturated rings. The lowest BCUT2D eigenvalue weighted by atomic mass is 10.2. The lowest BCUT2D eigenvalue weighted by Crippen LogP contribution is -2.17. The quantitative estimate of drug-likeness (QED) is 0.696. The minimum atomic E-state index is -0.951. The van der Waals surface area contributed by atoms with Gasteiger partial charge in [-0.05, 0) is 23.7 Å². The molecule has 0 amide bonds. The van der Waals surface area contributed by atoms with Gasteiger partial charge >= 0.3 is 0 Å². The summed E-state index contributed by atoms with van der Waals surface area (Å²) in [6.07, 6.45) is 4.46. The van der Waals surface area contributed by atoms with Crippen molar-refractivity contribution in [3.63, 3.8) is 0 Å². The van der Waals surface area contributed by atoms with Gasteiger partial charge in [-0.25, -0.2) is 0 Å². The van der Waals surface area contributed by atoms with Crippen LogP contribution in [-0.4, -0.2) is 15.2 Å². The third-order valence-corrected chi connectivity index (χ3v) is 3.59. The summed E-state index contributed by atoms with van der Waals surface area (Å²) in [7, 11) is 0.748. The van der Waals surface area contributed by atoms with Gasteiger partial charge in [0.1, 0.15) is 5.75 Å². The van der Waals surface area contributed by atoms with Crippen LogP contribution in [0.5, 0.6) is 5.75 Å². The van der Waals surface area contributed by atoms with Crippen LogP contribution in [0.15, 0.2) is 30.3 Å². The molecule has 0 radical (unpaired) electrons. The van der Waals surface area contributed by atoms with Crippen molar-refractivity contribution in [3.05, 3.63) is 35.9 Å². The molecular weight excluding hydrogens is 200 g/mol. The second-order valence-corrected chi connectivity index (χ2v) is 10.5. The zero-order chi connectivity index (χ0) is 11.3. The molecule has 0 N–H and O–H groups in total. The first-order valence-corrected chi connectivity index (χ1v) is 9.02. The first-order chi connectivity index (χ1) is 7.01. The SMILES string of the molecule is COc1cccc(C=CC[Si](C)(C)C)c1. The van der Waals surface area contributed by atoms with Crippen molar-refractivity contribution in [2.24, 2.45) is 0 Å². The fourth-order valence-corrected chi connectivity index (χ4v) is 2.12. The van der Waals surface area contributed by atoms with E-state index in [4.69, 9.17) is 4.74 Å². The molecule has 0 spiro atoms. The molecule has 1 rings (SSSR count). The van der Waals surface area contributed by atoms with E-state index < -0.39 is 8.07 Å². The average molecular weight is 220 g/mol. The highest BCUT2D eigenvalue weighted by atomic mass is 28.3. The fourth-order valence-electron chi connectivity index (χ4n) is 1.29. The Morgan fingerprint density at radius 3 is 2.60 bits per heavy atom. The lowest BCUT2D eigenvalue weighted by molar-refractivity contribution is 0.414. The van der Waals surface area contributed by atoms with E-state index >= 15 is 0 Å². The summed E-state index contributed by atoms with van der Waals surface area (Å²) in [4.78, 5) is 0. The van der Waals surface area contributed by atoms with Gasteiger partial charge in [0.2, 0.25) is 0 Å². The summed E-state index contributed by atoms with van der Waals surface area (Å²) >= 11 is 0. The normalized spacial score (nSPS) is 12.0. The third-order valence-electron chi connectivity index (χ3n) is 2.13. The number of ether oxygens (including phenoxy) is 1. The van der Waals surface area contributed by atoms with E-state index in [0.717, 1.165) is 5.75 Å². The predicted molar refractivity (Wildman–Crippen MR) is 70.2 cm³/mol. The summed E-state index contributed by atoms with van der Waals surface area (Å²) in [5.74, 6) is 0.921. The highest BCUT2D eigenvalue weighted by Gasteiger charge is 2.09. The monoisotopic (exact) mass is 220 g/mol. The lowest BCUT2D eigenvalue weighted by Gasteiger charge is -2.11. The van der Waals surface area contributed by atoms with Crippen LogP contribution in [0.25, 0.3) is 6.08 Å². The summed E-state index contributed by atoms with van der Waals surface area (Å²) in [5, 5.41) is 0. The van der Waals surface area contributed by atoms with Crippen LogP contribution < -0.4 is 4.74 Å². The Morgan fingerprint density at radius 2 is 2.00 bits per heavy atom. The van der Waals surface area contributed by atoms with Gasteiger partial charge < -0.3 is 4.74 Å². The molecule has 0 aliphatic rings. The molecule has 0 aromatic heterocycles. The smallest absolute Gasteiger partial charge is 0.119 e. The maximum atomic E-state index is 5.18. The molecule has 0 unspecified atom stereocenters. The molecule has 0 heterocycles. The van der Waals surface area contributed by atoms with Crippen molar-refractivity contribution < 1.29 is 4.74 Å². The molecular formula is C13H20OSi. The molecule has 1 aromatic carbocycles. The van der Waals surface area contributed by atoms with Crippen molar-refractivity contribution in [2.75, 3.05) is 7.11 Å². The van der Waals surface area contributed by atoms with E-state index in [-0.39, 0.29) is 0 Å². The van der Waals surface area contributed by atoms with E-state index in [2.05, 4.69) is 43.9 Å².